The lowest BCUT2D eigenvalue weighted by molar-refractivity contribution is 0.0767. The number of aliphatic imine (C=N–C) groups is 1. The van der Waals surface area contributed by atoms with E-state index in [1.807, 2.05) is 25.8 Å². The molecule has 6 nitrogen and oxygen atoms in total. The Morgan fingerprint density at radius 1 is 1.14 bits per heavy atom. The van der Waals surface area contributed by atoms with Crippen LogP contribution in [0.2, 0.25) is 0 Å². The molecule has 1 aromatic heterocycles. The van der Waals surface area contributed by atoms with E-state index in [0.29, 0.717) is 24.0 Å². The second kappa shape index (κ2) is 8.41. The van der Waals surface area contributed by atoms with Crippen molar-refractivity contribution in [1.82, 2.24) is 19.8 Å². The number of aromatic nitrogens is 2. The number of hydrogen-bond donors (Lipinski definition) is 1. The van der Waals surface area contributed by atoms with Gasteiger partial charge in [-0.1, -0.05) is 24.3 Å². The van der Waals surface area contributed by atoms with E-state index < -0.39 is 0 Å². The monoisotopic (exact) mass is 493 g/mol. The van der Waals surface area contributed by atoms with E-state index >= 15 is 0 Å². The predicted octanol–water partition coefficient (Wildman–Crippen LogP) is 2.73. The SMILES string of the molecule is CN=C(NCc1ccc(Cn2ccnc2)cc1)N1CC2C3CCC(O3)C2C1.I. The number of nitrogens with zero attached hydrogens (tertiary/aromatic N) is 4. The number of imidazole rings is 1. The minimum absolute atomic E-state index is 0. The van der Waals surface area contributed by atoms with E-state index in [2.05, 4.69) is 49.0 Å². The minimum atomic E-state index is 0. The molecule has 1 aromatic carbocycles. The van der Waals surface area contributed by atoms with Crippen LogP contribution < -0.4 is 5.32 Å². The number of nitrogens with one attached hydrogen (secondary N) is 1. The highest BCUT2D eigenvalue weighted by Crippen LogP contribution is 2.47. The zero-order valence-electron chi connectivity index (χ0n) is 16.2. The lowest BCUT2D eigenvalue weighted by Crippen LogP contribution is -2.40. The number of halogens is 1. The Kier molecular flexibility index (Phi) is 5.91. The number of hydrogen-bond acceptors (Lipinski definition) is 3. The third-order valence-electron chi connectivity index (χ3n) is 6.36. The molecule has 0 spiro atoms. The van der Waals surface area contributed by atoms with E-state index in [1.165, 1.54) is 24.0 Å². The van der Waals surface area contributed by atoms with Crippen LogP contribution in [0, 0.1) is 11.8 Å². The Balaban J connectivity index is 0.00000192. The lowest BCUT2D eigenvalue weighted by atomic mass is 9.82. The summed E-state index contributed by atoms with van der Waals surface area (Å²) in [6, 6.07) is 8.77. The van der Waals surface area contributed by atoms with E-state index in [1.54, 1.807) is 0 Å². The number of likely N-dealkylation sites (tertiary alicyclic amines) is 1. The van der Waals surface area contributed by atoms with Crippen molar-refractivity contribution in [1.29, 1.82) is 0 Å². The van der Waals surface area contributed by atoms with Crippen LogP contribution in [0.3, 0.4) is 0 Å². The molecule has 0 saturated carbocycles. The molecule has 0 aliphatic carbocycles. The van der Waals surface area contributed by atoms with Crippen LogP contribution in [0.1, 0.15) is 24.0 Å². The van der Waals surface area contributed by atoms with Gasteiger partial charge in [-0.05, 0) is 24.0 Å². The number of ether oxygens (including phenoxy) is 1. The summed E-state index contributed by atoms with van der Waals surface area (Å²) in [6.07, 6.45) is 9.13. The van der Waals surface area contributed by atoms with Gasteiger partial charge in [0.25, 0.3) is 0 Å². The molecule has 7 heteroatoms. The molecule has 4 heterocycles. The normalized spacial score (nSPS) is 28.3. The summed E-state index contributed by atoms with van der Waals surface area (Å²) in [5.41, 5.74) is 2.55. The molecule has 5 rings (SSSR count). The lowest BCUT2D eigenvalue weighted by Gasteiger charge is -2.23. The second-order valence-electron chi connectivity index (χ2n) is 7.98. The highest BCUT2D eigenvalue weighted by molar-refractivity contribution is 14.0. The molecule has 150 valence electrons. The van der Waals surface area contributed by atoms with Crippen molar-refractivity contribution >= 4 is 29.9 Å². The predicted molar refractivity (Wildman–Crippen MR) is 120 cm³/mol. The first kappa shape index (κ1) is 19.7. The Hall–Kier alpha value is -1.61. The summed E-state index contributed by atoms with van der Waals surface area (Å²) in [7, 11) is 1.88. The highest BCUT2D eigenvalue weighted by Gasteiger charge is 2.53. The van der Waals surface area contributed by atoms with Gasteiger partial charge in [0.15, 0.2) is 5.96 Å². The standard InChI is InChI=1S/C21H27N5O.HI/c1-22-21(26-12-17-18(13-26)20-7-6-19(17)27-20)24-10-15-2-4-16(5-3-15)11-25-9-8-23-14-25;/h2-5,8-9,14,17-20H,6-7,10-13H2,1H3,(H,22,24);1H. The zero-order valence-corrected chi connectivity index (χ0v) is 18.5. The number of fused-ring (bicyclic) bond motifs is 5. The van der Waals surface area contributed by atoms with Crippen molar-refractivity contribution in [2.45, 2.75) is 38.1 Å². The summed E-state index contributed by atoms with van der Waals surface area (Å²) in [5.74, 6) is 2.42. The fraction of sp³-hybridized carbons (Fsp3) is 0.524. The van der Waals surface area contributed by atoms with Crippen LogP contribution in [0.25, 0.3) is 0 Å². The molecule has 3 aliphatic rings. The van der Waals surface area contributed by atoms with E-state index in [9.17, 15) is 0 Å². The smallest absolute Gasteiger partial charge is 0.193 e. The van der Waals surface area contributed by atoms with Gasteiger partial charge in [0.05, 0.1) is 18.5 Å². The van der Waals surface area contributed by atoms with Gasteiger partial charge in [-0.3, -0.25) is 4.99 Å². The van der Waals surface area contributed by atoms with Gasteiger partial charge < -0.3 is 19.5 Å². The third-order valence-corrected chi connectivity index (χ3v) is 6.36. The van der Waals surface area contributed by atoms with Crippen LogP contribution in [0.15, 0.2) is 48.0 Å². The minimum Gasteiger partial charge on any atom is -0.374 e. The average molecular weight is 493 g/mol. The molecule has 4 unspecified atom stereocenters. The van der Waals surface area contributed by atoms with Crippen LogP contribution >= 0.6 is 24.0 Å². The number of rotatable bonds is 4. The second-order valence-corrected chi connectivity index (χ2v) is 7.98. The molecule has 3 saturated heterocycles. The van der Waals surface area contributed by atoms with Gasteiger partial charge in [0.1, 0.15) is 0 Å². The summed E-state index contributed by atoms with van der Waals surface area (Å²) in [6.45, 7) is 3.81. The molecule has 4 atom stereocenters. The molecule has 3 aliphatic heterocycles. The maximum atomic E-state index is 6.09. The van der Waals surface area contributed by atoms with Gasteiger partial charge in [0, 0.05) is 57.5 Å². The Morgan fingerprint density at radius 2 is 1.82 bits per heavy atom. The Labute approximate surface area is 183 Å². The van der Waals surface area contributed by atoms with Crippen molar-refractivity contribution < 1.29 is 4.74 Å². The third kappa shape index (κ3) is 3.78. The quantitative estimate of drug-likeness (QED) is 0.405. The number of guanidine groups is 1. The maximum absolute atomic E-state index is 6.09. The molecule has 3 fully saturated rings. The van der Waals surface area contributed by atoms with E-state index in [-0.39, 0.29) is 24.0 Å². The fourth-order valence-corrected chi connectivity index (χ4v) is 5.00. The van der Waals surface area contributed by atoms with Crippen molar-refractivity contribution in [3.63, 3.8) is 0 Å². The number of benzene rings is 1. The van der Waals surface area contributed by atoms with Gasteiger partial charge in [0.2, 0.25) is 0 Å². The van der Waals surface area contributed by atoms with E-state index in [4.69, 9.17) is 4.74 Å². The molecule has 2 aromatic rings. The summed E-state index contributed by atoms with van der Waals surface area (Å²) >= 11 is 0. The molecule has 28 heavy (non-hydrogen) atoms. The topological polar surface area (TPSA) is 54.7 Å². The van der Waals surface area contributed by atoms with Gasteiger partial charge in [-0.15, -0.1) is 24.0 Å². The van der Waals surface area contributed by atoms with Crippen LogP contribution in [-0.4, -0.2) is 52.8 Å². The van der Waals surface area contributed by atoms with E-state index in [0.717, 1.165) is 32.1 Å². The molecule has 2 bridgehead atoms. The first-order valence-electron chi connectivity index (χ1n) is 9.95. The molecular weight excluding hydrogens is 465 g/mol. The fourth-order valence-electron chi connectivity index (χ4n) is 5.00. The van der Waals surface area contributed by atoms with Gasteiger partial charge in [-0.2, -0.15) is 0 Å². The van der Waals surface area contributed by atoms with Crippen molar-refractivity contribution in [3.8, 4) is 0 Å². The molecule has 0 radical (unpaired) electrons. The first-order valence-corrected chi connectivity index (χ1v) is 9.95. The van der Waals surface area contributed by atoms with Crippen LogP contribution in [0.4, 0.5) is 0 Å². The molecule has 0 amide bonds. The van der Waals surface area contributed by atoms with Crippen molar-refractivity contribution in [3.05, 3.63) is 54.1 Å². The first-order chi connectivity index (χ1) is 13.3. The van der Waals surface area contributed by atoms with Gasteiger partial charge in [-0.25, -0.2) is 4.98 Å². The molecule has 1 N–H and O–H groups in total. The van der Waals surface area contributed by atoms with Crippen LogP contribution in [0.5, 0.6) is 0 Å². The van der Waals surface area contributed by atoms with Crippen LogP contribution in [-0.2, 0) is 17.8 Å². The Bertz CT molecular complexity index is 789. The highest BCUT2D eigenvalue weighted by atomic mass is 127. The van der Waals surface area contributed by atoms with Crippen molar-refractivity contribution in [2.24, 2.45) is 16.8 Å². The van der Waals surface area contributed by atoms with Crippen molar-refractivity contribution in [2.75, 3.05) is 20.1 Å². The summed E-state index contributed by atoms with van der Waals surface area (Å²) in [5, 5.41) is 3.55. The summed E-state index contributed by atoms with van der Waals surface area (Å²) in [4.78, 5) is 11.1. The zero-order chi connectivity index (χ0) is 18.2. The molecular formula is C21H28IN5O. The maximum Gasteiger partial charge on any atom is 0.193 e. The summed E-state index contributed by atoms with van der Waals surface area (Å²) < 4.78 is 8.17. The average Bonchev–Trinajstić information content (AvgIpc) is 3.46. The largest absolute Gasteiger partial charge is 0.374 e. The Morgan fingerprint density at radius 3 is 2.43 bits per heavy atom. The van der Waals surface area contributed by atoms with Gasteiger partial charge >= 0.3 is 0 Å².